The van der Waals surface area contributed by atoms with Crippen molar-refractivity contribution in [2.45, 2.75) is 26.8 Å². The number of ether oxygens (including phenoxy) is 1. The number of anilines is 1. The van der Waals surface area contributed by atoms with Gasteiger partial charge in [-0.25, -0.2) is 19.0 Å². The van der Waals surface area contributed by atoms with Gasteiger partial charge in [-0.05, 0) is 36.6 Å². The van der Waals surface area contributed by atoms with Crippen LogP contribution < -0.4 is 10.5 Å². The van der Waals surface area contributed by atoms with E-state index in [1.165, 1.54) is 12.4 Å². The lowest BCUT2D eigenvalue weighted by Crippen LogP contribution is -2.51. The van der Waals surface area contributed by atoms with Crippen LogP contribution in [0.2, 0.25) is 0 Å². The molecule has 0 spiro atoms. The number of nitriles is 1. The molecule has 1 aliphatic heterocycles. The van der Waals surface area contributed by atoms with E-state index in [0.717, 1.165) is 0 Å². The molecule has 1 aliphatic rings. The first-order valence-corrected chi connectivity index (χ1v) is 12.7. The molecule has 0 saturated carbocycles. The Morgan fingerprint density at radius 1 is 1.21 bits per heavy atom. The van der Waals surface area contributed by atoms with E-state index in [1.54, 1.807) is 39.9 Å². The van der Waals surface area contributed by atoms with Crippen LogP contribution in [0.15, 0.2) is 66.5 Å². The molecule has 0 aliphatic carbocycles. The van der Waals surface area contributed by atoms with Gasteiger partial charge in [-0.1, -0.05) is 38.1 Å². The van der Waals surface area contributed by atoms with Crippen LogP contribution in [-0.4, -0.2) is 43.6 Å². The highest BCUT2D eigenvalue weighted by Crippen LogP contribution is 2.35. The maximum absolute atomic E-state index is 15.3. The van der Waals surface area contributed by atoms with Crippen LogP contribution in [0.25, 0.3) is 22.3 Å². The van der Waals surface area contributed by atoms with Crippen LogP contribution in [0.1, 0.15) is 20.3 Å². The Kier molecular flexibility index (Phi) is 7.23. The molecule has 39 heavy (non-hydrogen) atoms. The van der Waals surface area contributed by atoms with Gasteiger partial charge in [0, 0.05) is 37.2 Å². The quantitative estimate of drug-likeness (QED) is 0.255. The van der Waals surface area contributed by atoms with Crippen molar-refractivity contribution in [3.63, 3.8) is 0 Å². The highest BCUT2D eigenvalue weighted by Gasteiger charge is 2.33. The maximum atomic E-state index is 15.3. The van der Waals surface area contributed by atoms with Gasteiger partial charge in [0.25, 0.3) is 5.91 Å². The van der Waals surface area contributed by atoms with Crippen LogP contribution >= 0.6 is 0 Å². The van der Waals surface area contributed by atoms with E-state index < -0.39 is 5.82 Å². The van der Waals surface area contributed by atoms with Gasteiger partial charge in [0.1, 0.15) is 46.8 Å². The first kappa shape index (κ1) is 25.9. The van der Waals surface area contributed by atoms with E-state index in [1.807, 2.05) is 38.1 Å². The van der Waals surface area contributed by atoms with Crippen LogP contribution in [0.4, 0.5) is 10.2 Å². The van der Waals surface area contributed by atoms with Crippen LogP contribution in [-0.2, 0) is 11.3 Å². The third-order valence-corrected chi connectivity index (χ3v) is 6.55. The summed E-state index contributed by atoms with van der Waals surface area (Å²) in [4.78, 5) is 22.8. The van der Waals surface area contributed by atoms with Crippen molar-refractivity contribution >= 4 is 22.8 Å². The fourth-order valence-electron chi connectivity index (χ4n) is 4.52. The SMILES string of the molecule is CC(C)C/C=C(/C#N)C(=O)N1CC(Cn2nc(-c3ccc(Oc4ccccc4)cc3F)c3c(N)ncnc32)C1. The van der Waals surface area contributed by atoms with E-state index in [4.69, 9.17) is 10.5 Å². The number of para-hydroxylation sites is 1. The van der Waals surface area contributed by atoms with E-state index in [0.29, 0.717) is 60.2 Å². The molecule has 0 atom stereocenters. The number of nitrogen functional groups attached to an aromatic ring is 1. The Bertz CT molecular complexity index is 1580. The number of rotatable bonds is 8. The number of hydrogen-bond donors (Lipinski definition) is 1. The molecule has 10 heteroatoms. The van der Waals surface area contributed by atoms with Crippen molar-refractivity contribution in [2.24, 2.45) is 11.8 Å². The molecular weight excluding hydrogens is 497 g/mol. The summed E-state index contributed by atoms with van der Waals surface area (Å²) in [6.07, 6.45) is 3.73. The second-order valence-electron chi connectivity index (χ2n) is 9.98. The zero-order valence-corrected chi connectivity index (χ0v) is 21.7. The van der Waals surface area contributed by atoms with Gasteiger partial charge in [0.2, 0.25) is 0 Å². The molecule has 198 valence electrons. The summed E-state index contributed by atoms with van der Waals surface area (Å²) < 4.78 is 22.8. The predicted molar refractivity (Wildman–Crippen MR) is 145 cm³/mol. The fourth-order valence-corrected chi connectivity index (χ4v) is 4.52. The molecule has 4 aromatic rings. The lowest BCUT2D eigenvalue weighted by molar-refractivity contribution is -0.133. The fraction of sp³-hybridized carbons (Fsp3) is 0.276. The number of amides is 1. The summed E-state index contributed by atoms with van der Waals surface area (Å²) in [5, 5.41) is 14.5. The van der Waals surface area contributed by atoms with Crippen molar-refractivity contribution < 1.29 is 13.9 Å². The number of fused-ring (bicyclic) bond motifs is 1. The number of nitrogens with two attached hydrogens (primary N) is 1. The number of hydrogen-bond acceptors (Lipinski definition) is 7. The molecule has 2 N–H and O–H groups in total. The average molecular weight is 526 g/mol. The second kappa shape index (κ2) is 10.9. The van der Waals surface area contributed by atoms with Gasteiger partial charge < -0.3 is 15.4 Å². The monoisotopic (exact) mass is 525 g/mol. The molecule has 0 bridgehead atoms. The lowest BCUT2D eigenvalue weighted by Gasteiger charge is -2.39. The summed E-state index contributed by atoms with van der Waals surface area (Å²) in [7, 11) is 0. The number of nitrogens with zero attached hydrogens (tertiary/aromatic N) is 6. The molecule has 0 unspecified atom stereocenters. The Balaban J connectivity index is 1.36. The highest BCUT2D eigenvalue weighted by atomic mass is 19.1. The number of aromatic nitrogens is 4. The van der Waals surface area contributed by atoms with Gasteiger partial charge >= 0.3 is 0 Å². The van der Waals surface area contributed by atoms with E-state index in [-0.39, 0.29) is 28.8 Å². The number of benzene rings is 2. The number of likely N-dealkylation sites (tertiary alicyclic amines) is 1. The Labute approximate surface area is 225 Å². The summed E-state index contributed by atoms with van der Waals surface area (Å²) in [6, 6.07) is 15.7. The van der Waals surface area contributed by atoms with E-state index in [9.17, 15) is 10.1 Å². The third-order valence-electron chi connectivity index (χ3n) is 6.55. The van der Waals surface area contributed by atoms with Gasteiger partial charge in [-0.2, -0.15) is 10.4 Å². The minimum atomic E-state index is -0.518. The summed E-state index contributed by atoms with van der Waals surface area (Å²) in [5.74, 6) is 0.834. The zero-order valence-electron chi connectivity index (χ0n) is 21.7. The molecule has 3 heterocycles. The Hall–Kier alpha value is -4.78. The molecule has 1 fully saturated rings. The molecule has 0 radical (unpaired) electrons. The highest BCUT2D eigenvalue weighted by molar-refractivity contribution is 5.99. The average Bonchev–Trinajstić information content (AvgIpc) is 3.26. The first-order valence-electron chi connectivity index (χ1n) is 12.7. The largest absolute Gasteiger partial charge is 0.457 e. The zero-order chi connectivity index (χ0) is 27.5. The second-order valence-corrected chi connectivity index (χ2v) is 9.98. The van der Waals surface area contributed by atoms with Crippen molar-refractivity contribution in [2.75, 3.05) is 18.8 Å². The van der Waals surface area contributed by atoms with Gasteiger partial charge in [-0.3, -0.25) is 4.79 Å². The van der Waals surface area contributed by atoms with E-state index >= 15 is 4.39 Å². The Morgan fingerprint density at radius 3 is 2.67 bits per heavy atom. The summed E-state index contributed by atoms with van der Waals surface area (Å²) in [6.45, 7) is 5.49. The minimum absolute atomic E-state index is 0.0950. The molecule has 2 aromatic carbocycles. The van der Waals surface area contributed by atoms with Crippen molar-refractivity contribution in [1.82, 2.24) is 24.6 Å². The molecule has 1 amide bonds. The summed E-state index contributed by atoms with van der Waals surface area (Å²) >= 11 is 0. The molecule has 5 rings (SSSR count). The van der Waals surface area contributed by atoms with Crippen LogP contribution in [0.3, 0.4) is 0 Å². The number of carbonyl (C=O) groups excluding carboxylic acids is 1. The number of halogens is 1. The van der Waals surface area contributed by atoms with Crippen molar-refractivity contribution in [3.05, 3.63) is 72.3 Å². The number of carbonyl (C=O) groups is 1. The van der Waals surface area contributed by atoms with Crippen molar-refractivity contribution in [3.8, 4) is 28.8 Å². The van der Waals surface area contributed by atoms with Crippen LogP contribution in [0.5, 0.6) is 11.5 Å². The van der Waals surface area contributed by atoms with Crippen LogP contribution in [0, 0.1) is 29.0 Å². The maximum Gasteiger partial charge on any atom is 0.264 e. The predicted octanol–water partition coefficient (Wildman–Crippen LogP) is 4.96. The van der Waals surface area contributed by atoms with Gasteiger partial charge in [0.05, 0.1) is 5.39 Å². The van der Waals surface area contributed by atoms with Crippen molar-refractivity contribution in [1.29, 1.82) is 5.26 Å². The smallest absolute Gasteiger partial charge is 0.264 e. The number of allylic oxidation sites excluding steroid dienone is 1. The molecular formula is C29H28FN7O2. The van der Waals surface area contributed by atoms with Gasteiger partial charge in [-0.15, -0.1) is 0 Å². The van der Waals surface area contributed by atoms with Gasteiger partial charge in [0.15, 0.2) is 5.65 Å². The molecule has 2 aromatic heterocycles. The van der Waals surface area contributed by atoms with E-state index in [2.05, 4.69) is 15.1 Å². The molecule has 1 saturated heterocycles. The topological polar surface area (TPSA) is 123 Å². The Morgan fingerprint density at radius 2 is 1.97 bits per heavy atom. The first-order chi connectivity index (χ1) is 18.8. The lowest BCUT2D eigenvalue weighted by atomic mass is 9.98. The molecule has 9 nitrogen and oxygen atoms in total. The third kappa shape index (κ3) is 5.43. The summed E-state index contributed by atoms with van der Waals surface area (Å²) in [5.41, 5.74) is 7.43. The standard InChI is InChI=1S/C29H28FN7O2/c1-18(2)8-9-20(13-31)29(38)36-14-19(15-36)16-37-28-25(27(32)33-17-34-28)26(35-37)23-11-10-22(12-24(23)30)39-21-6-4-3-5-7-21/h3-7,9-12,17-19H,8,14-16H2,1-2H3,(H2,32,33,34)/b20-9-. The minimum Gasteiger partial charge on any atom is -0.457 e. The normalized spacial score (nSPS) is 13.9.